The van der Waals surface area contributed by atoms with E-state index in [9.17, 15) is 17.6 Å². The van der Waals surface area contributed by atoms with Crippen molar-refractivity contribution in [2.24, 2.45) is 0 Å². The molecule has 0 saturated heterocycles. The summed E-state index contributed by atoms with van der Waals surface area (Å²) in [7, 11) is 0. The van der Waals surface area contributed by atoms with Gasteiger partial charge in [-0.1, -0.05) is 115 Å². The van der Waals surface area contributed by atoms with Gasteiger partial charge in [-0.05, 0) is 171 Å². The molecule has 0 bridgehead atoms. The summed E-state index contributed by atoms with van der Waals surface area (Å²) >= 11 is 6.26. The topological polar surface area (TPSA) is 401 Å². The Hall–Kier alpha value is -16.8. The van der Waals surface area contributed by atoms with E-state index in [1.54, 1.807) is 85.5 Å². The van der Waals surface area contributed by atoms with Gasteiger partial charge in [0.15, 0.2) is 0 Å². The second kappa shape index (κ2) is 35.4. The number of nitrogens with two attached hydrogens (primary N) is 5. The second-order valence-corrected chi connectivity index (χ2v) is 27.6. The van der Waals surface area contributed by atoms with Crippen molar-refractivity contribution in [3.05, 3.63) is 325 Å². The second-order valence-electron chi connectivity index (χ2n) is 27.2. The van der Waals surface area contributed by atoms with E-state index >= 15 is 0 Å². The van der Waals surface area contributed by atoms with Gasteiger partial charge in [-0.15, -0.1) is 51.0 Å². The number of benzene rings is 10. The third kappa shape index (κ3) is 17.8. The molecule has 10 N–H and O–H groups in total. The number of fused-ring (bicyclic) bond motifs is 5. The summed E-state index contributed by atoms with van der Waals surface area (Å²) in [6.07, 6.45) is 10.1. The predicted octanol–water partition coefficient (Wildman–Crippen LogP) is 17.9. The van der Waals surface area contributed by atoms with Crippen LogP contribution in [0.5, 0.6) is 0 Å². The van der Waals surface area contributed by atoms with Gasteiger partial charge in [0.1, 0.15) is 92.1 Å². The largest absolute Gasteiger partial charge is 0.366 e. The van der Waals surface area contributed by atoms with Gasteiger partial charge in [0.25, 0.3) is 0 Å². The van der Waals surface area contributed by atoms with Crippen molar-refractivity contribution in [2.45, 2.75) is 13.8 Å². The molecule has 10 aromatic heterocycles. The van der Waals surface area contributed by atoms with E-state index in [1.165, 1.54) is 42.7 Å². The fourth-order valence-electron chi connectivity index (χ4n) is 13.2. The first-order chi connectivity index (χ1) is 59.4. The van der Waals surface area contributed by atoms with Crippen LogP contribution in [0.2, 0.25) is 5.02 Å². The maximum Gasteiger partial charge on any atom is 0.240 e. The average Bonchev–Trinajstić information content (AvgIpc) is 0.759. The SMILES string of the molecule is Cc1ccnc2c(F)cc(-c3nnc(N)nc3-c3ccccc3F)cc12.Cc1cnc2ccc(-c3nnc(N)nc3-c3ccccc3)cc2c1.Nc1nnc(-c2ccc3nccc(Cl)c3c2)c(-c2ccc(F)cc2)n1.Nc1nnc(-c2ccc3ncccc3c2)c(-c2ccc(F)cc2)n1.Nc1nnc(-c2ccc3ncncc3c2)c(-c2ccccc2)n1. The van der Waals surface area contributed by atoms with E-state index in [0.717, 1.165) is 99.4 Å². The Kier molecular flexibility index (Phi) is 22.9. The molecule has 0 spiro atoms. The van der Waals surface area contributed by atoms with E-state index in [-0.39, 0.29) is 63.8 Å². The molecule has 0 saturated carbocycles. The van der Waals surface area contributed by atoms with Gasteiger partial charge >= 0.3 is 0 Å². The molecule has 0 amide bonds. The van der Waals surface area contributed by atoms with Crippen LogP contribution in [0.25, 0.3) is 167 Å². The Labute approximate surface area is 696 Å². The first-order valence-corrected chi connectivity index (χ1v) is 37.7. The number of halogens is 5. The molecule has 0 aliphatic heterocycles. The van der Waals surface area contributed by atoms with Gasteiger partial charge < -0.3 is 28.7 Å². The lowest BCUT2D eigenvalue weighted by Crippen LogP contribution is -2.03. The summed E-state index contributed by atoms with van der Waals surface area (Å²) in [5.41, 5.74) is 47.1. The molecular formula is C91H63ClF4N26. The molecule has 26 nitrogen and oxygen atoms in total. The summed E-state index contributed by atoms with van der Waals surface area (Å²) in [4.78, 5) is 46.9. The number of pyridine rings is 4. The van der Waals surface area contributed by atoms with Crippen LogP contribution in [-0.4, -0.2) is 106 Å². The van der Waals surface area contributed by atoms with Crippen molar-refractivity contribution in [1.29, 1.82) is 0 Å². The molecule has 592 valence electrons. The smallest absolute Gasteiger partial charge is 0.240 e. The third-order valence-corrected chi connectivity index (χ3v) is 19.3. The van der Waals surface area contributed by atoms with Crippen LogP contribution in [0, 0.1) is 37.1 Å². The van der Waals surface area contributed by atoms with E-state index in [1.807, 2.05) is 160 Å². The number of nitrogen functional groups attached to an aromatic ring is 5. The van der Waals surface area contributed by atoms with Gasteiger partial charge in [-0.2, -0.15) is 0 Å². The number of nitrogens with zero attached hydrogens (tertiary/aromatic N) is 21. The maximum atomic E-state index is 14.6. The van der Waals surface area contributed by atoms with Gasteiger partial charge in [-0.25, -0.2) is 52.4 Å². The molecule has 122 heavy (non-hydrogen) atoms. The van der Waals surface area contributed by atoms with Crippen molar-refractivity contribution < 1.29 is 17.6 Å². The van der Waals surface area contributed by atoms with Gasteiger partial charge in [0.2, 0.25) is 29.7 Å². The number of aryl methyl sites for hydroxylation is 2. The summed E-state index contributed by atoms with van der Waals surface area (Å²) in [5, 5.41) is 45.3. The van der Waals surface area contributed by atoms with Gasteiger partial charge in [0, 0.05) is 114 Å². The minimum absolute atomic E-state index is 0.0450. The van der Waals surface area contributed by atoms with Crippen molar-refractivity contribution in [2.75, 3.05) is 28.7 Å². The minimum Gasteiger partial charge on any atom is -0.366 e. The zero-order valence-electron chi connectivity index (χ0n) is 64.3. The number of aromatic nitrogens is 21. The van der Waals surface area contributed by atoms with E-state index in [4.69, 9.17) is 40.3 Å². The summed E-state index contributed by atoms with van der Waals surface area (Å²) in [5.74, 6) is -1.29. The molecule has 0 atom stereocenters. The maximum absolute atomic E-state index is 14.6. The highest BCUT2D eigenvalue weighted by Gasteiger charge is 2.22. The molecule has 10 aromatic carbocycles. The highest BCUT2D eigenvalue weighted by atomic mass is 35.5. The Morgan fingerprint density at radius 1 is 0.279 bits per heavy atom. The molecule has 20 rings (SSSR count). The Morgan fingerprint density at radius 2 is 0.697 bits per heavy atom. The van der Waals surface area contributed by atoms with E-state index < -0.39 is 11.6 Å². The molecule has 0 fully saturated rings. The fraction of sp³-hybridized carbons (Fsp3) is 0.0220. The lowest BCUT2D eigenvalue weighted by Gasteiger charge is -2.11. The first-order valence-electron chi connectivity index (χ1n) is 37.3. The zero-order chi connectivity index (χ0) is 84.3. The molecule has 0 radical (unpaired) electrons. The van der Waals surface area contributed by atoms with E-state index in [2.05, 4.69) is 118 Å². The number of hydrogen-bond donors (Lipinski definition) is 5. The third-order valence-electron chi connectivity index (χ3n) is 19.0. The van der Waals surface area contributed by atoms with Crippen molar-refractivity contribution in [1.82, 2.24) is 106 Å². The predicted molar refractivity (Wildman–Crippen MR) is 464 cm³/mol. The standard InChI is InChI=1S/C19H13F2N5.C19H15N5.C18H11ClFN5.C18H12FN5.C17H12N6/c1-10-6-7-23-17-13(10)8-11(9-15(17)21)16-18(24-19(22)26-25-16)12-4-2-3-5-14(12)20;1-12-9-15-10-14(7-8-16(15)21-11-12)18-17(22-19(20)24-23-18)13-5-3-2-4-6-13;19-14-7-8-22-15-6-3-11(9-13(14)15)17-16(23-18(21)25-24-17)10-1-4-12(20)5-2-10;19-14-6-3-11(4-7-14)16-17(23-24-18(20)22-16)13-5-8-15-12(10-13)2-1-9-21-15;18-17-21-15(11-4-2-1-3-5-11)16(22-23-17)12-6-7-14-13(8-12)9-19-10-20-14/h2-9H,1H3,(H2,22,24,26);2-11H,1H3,(H2,20,22,24);1-9H,(H2,21,23,25);1-10H,(H2,20,22,24);1-10H,(H2,18,21,23). The van der Waals surface area contributed by atoms with E-state index in [0.29, 0.717) is 61.4 Å². The summed E-state index contributed by atoms with van der Waals surface area (Å²) in [6, 6.07) is 73.5. The highest BCUT2D eigenvalue weighted by molar-refractivity contribution is 6.35. The molecule has 10 heterocycles. The van der Waals surface area contributed by atoms with Crippen LogP contribution >= 0.6 is 11.6 Å². The van der Waals surface area contributed by atoms with Crippen LogP contribution in [0.4, 0.5) is 47.3 Å². The summed E-state index contributed by atoms with van der Waals surface area (Å²) in [6.45, 7) is 3.89. The Balaban J connectivity index is 0.000000113. The van der Waals surface area contributed by atoms with Gasteiger partial charge in [-0.3, -0.25) is 19.9 Å². The molecule has 31 heteroatoms. The van der Waals surface area contributed by atoms with Crippen molar-refractivity contribution in [3.63, 3.8) is 0 Å². The monoisotopic (exact) mass is 1630 g/mol. The number of anilines is 5. The van der Waals surface area contributed by atoms with Crippen molar-refractivity contribution in [3.8, 4) is 113 Å². The zero-order valence-corrected chi connectivity index (χ0v) is 65.1. The first kappa shape index (κ1) is 79.1. The Morgan fingerprint density at radius 3 is 1.23 bits per heavy atom. The molecule has 0 unspecified atom stereocenters. The van der Waals surface area contributed by atoms with Crippen LogP contribution in [-0.2, 0) is 0 Å². The molecule has 0 aliphatic rings. The highest BCUT2D eigenvalue weighted by Crippen LogP contribution is 2.38. The lowest BCUT2D eigenvalue weighted by atomic mass is 10.0. The minimum atomic E-state index is -0.501. The lowest BCUT2D eigenvalue weighted by molar-refractivity contribution is 0.627. The quantitative estimate of drug-likeness (QED) is 0.0794. The van der Waals surface area contributed by atoms with Crippen LogP contribution in [0.3, 0.4) is 0 Å². The fourth-order valence-corrected chi connectivity index (χ4v) is 13.4. The Bertz CT molecular complexity index is 7270. The normalized spacial score (nSPS) is 10.9. The summed E-state index contributed by atoms with van der Waals surface area (Å²) < 4.78 is 55.3. The van der Waals surface area contributed by atoms with Gasteiger partial charge in [0.05, 0.1) is 27.1 Å². The van der Waals surface area contributed by atoms with Crippen molar-refractivity contribution >= 4 is 95.9 Å². The number of hydrogen-bond acceptors (Lipinski definition) is 26. The molecule has 20 aromatic rings. The van der Waals surface area contributed by atoms with Crippen LogP contribution < -0.4 is 28.7 Å². The molecular weight excluding hydrogens is 1570 g/mol. The van der Waals surface area contributed by atoms with Crippen LogP contribution in [0.1, 0.15) is 11.1 Å². The van der Waals surface area contributed by atoms with Crippen LogP contribution in [0.15, 0.2) is 286 Å². The molecule has 0 aliphatic carbocycles. The number of rotatable bonds is 10. The average molecular weight is 1630 g/mol.